The lowest BCUT2D eigenvalue weighted by Gasteiger charge is -2.13. The zero-order chi connectivity index (χ0) is 24.5. The molecule has 1 N–H and O–H groups in total. The van der Waals surface area contributed by atoms with E-state index in [1.54, 1.807) is 55.7 Å². The van der Waals surface area contributed by atoms with E-state index in [2.05, 4.69) is 5.32 Å². The summed E-state index contributed by atoms with van der Waals surface area (Å²) in [4.78, 5) is 38.4. The van der Waals surface area contributed by atoms with Crippen LogP contribution in [0.1, 0.15) is 12.5 Å². The molecule has 0 saturated carbocycles. The van der Waals surface area contributed by atoms with Gasteiger partial charge in [0.15, 0.2) is 18.1 Å². The first-order valence-corrected chi connectivity index (χ1v) is 11.4. The number of methoxy groups -OCH3 is 2. The lowest BCUT2D eigenvalue weighted by molar-refractivity contribution is -0.125. The lowest BCUT2D eigenvalue weighted by atomic mass is 10.2. The van der Waals surface area contributed by atoms with Crippen molar-refractivity contribution in [3.05, 3.63) is 52.9 Å². The molecule has 0 aromatic heterocycles. The number of amides is 3. The number of imide groups is 1. The molecule has 0 unspecified atom stereocenters. The van der Waals surface area contributed by atoms with Crippen LogP contribution in [0.2, 0.25) is 0 Å². The van der Waals surface area contributed by atoms with Gasteiger partial charge in [0.25, 0.3) is 17.1 Å². The van der Waals surface area contributed by atoms with Crippen molar-refractivity contribution in [1.29, 1.82) is 0 Å². The summed E-state index contributed by atoms with van der Waals surface area (Å²) in [6.07, 6.45) is 1.63. The number of carbonyl (C=O) groups excluding carboxylic acids is 3. The molecule has 3 rings (SSSR count). The van der Waals surface area contributed by atoms with E-state index in [0.717, 1.165) is 16.7 Å². The van der Waals surface area contributed by atoms with Crippen LogP contribution in [0.3, 0.4) is 0 Å². The van der Waals surface area contributed by atoms with Gasteiger partial charge in [0.05, 0.1) is 25.7 Å². The van der Waals surface area contributed by atoms with Gasteiger partial charge in [0, 0.05) is 13.1 Å². The Bertz CT molecular complexity index is 1070. The Kier molecular flexibility index (Phi) is 8.80. The maximum absolute atomic E-state index is 12.7. The molecule has 2 aromatic carbocycles. The fourth-order valence-electron chi connectivity index (χ4n) is 3.07. The third-order valence-electron chi connectivity index (χ3n) is 4.75. The second-order valence-corrected chi connectivity index (χ2v) is 7.98. The van der Waals surface area contributed by atoms with Crippen molar-refractivity contribution >= 4 is 34.9 Å². The number of hydrogen-bond acceptors (Lipinski definition) is 8. The van der Waals surface area contributed by atoms with Crippen LogP contribution in [0, 0.1) is 0 Å². The summed E-state index contributed by atoms with van der Waals surface area (Å²) >= 11 is 0.853. The van der Waals surface area contributed by atoms with E-state index in [9.17, 15) is 14.4 Å². The summed E-state index contributed by atoms with van der Waals surface area (Å²) < 4.78 is 21.3. The highest BCUT2D eigenvalue weighted by atomic mass is 32.2. The highest BCUT2D eigenvalue weighted by molar-refractivity contribution is 8.18. The largest absolute Gasteiger partial charge is 0.497 e. The summed E-state index contributed by atoms with van der Waals surface area (Å²) in [5, 5.41) is 2.26. The predicted molar refractivity (Wildman–Crippen MR) is 128 cm³/mol. The normalized spacial score (nSPS) is 14.3. The standard InChI is InChI=1S/C24H26N2O7S/c1-4-32-19-10-5-16(13-20(19)31-3)14-21-23(28)26(24(29)34-21)12-11-25-22(27)15-33-18-8-6-17(30-2)7-9-18/h5-10,13-14H,4,11-12,15H2,1-3H3,(H,25,27)/b21-14-. The van der Waals surface area contributed by atoms with Crippen LogP contribution in [-0.2, 0) is 9.59 Å². The SMILES string of the molecule is CCOc1ccc(/C=C2\SC(=O)N(CCNC(=O)COc3ccc(OC)cc3)C2=O)cc1OC. The van der Waals surface area contributed by atoms with Crippen LogP contribution in [0.4, 0.5) is 4.79 Å². The average molecular weight is 487 g/mol. The number of benzene rings is 2. The second kappa shape index (κ2) is 12.0. The van der Waals surface area contributed by atoms with E-state index in [1.807, 2.05) is 6.92 Å². The van der Waals surface area contributed by atoms with Gasteiger partial charge in [0.1, 0.15) is 11.5 Å². The molecule has 1 aliphatic rings. The van der Waals surface area contributed by atoms with Gasteiger partial charge in [-0.05, 0) is 66.7 Å². The number of nitrogens with zero attached hydrogens (tertiary/aromatic N) is 1. The number of hydrogen-bond donors (Lipinski definition) is 1. The van der Waals surface area contributed by atoms with Crippen LogP contribution >= 0.6 is 11.8 Å². The first-order chi connectivity index (χ1) is 16.4. The number of rotatable bonds is 11. The molecule has 1 aliphatic heterocycles. The minimum Gasteiger partial charge on any atom is -0.497 e. The molecule has 10 heteroatoms. The topological polar surface area (TPSA) is 103 Å². The molecule has 34 heavy (non-hydrogen) atoms. The van der Waals surface area contributed by atoms with Gasteiger partial charge in [0.2, 0.25) is 0 Å². The molecule has 1 saturated heterocycles. The van der Waals surface area contributed by atoms with Gasteiger partial charge in [-0.15, -0.1) is 0 Å². The predicted octanol–water partition coefficient (Wildman–Crippen LogP) is 3.33. The average Bonchev–Trinajstić information content (AvgIpc) is 3.11. The van der Waals surface area contributed by atoms with Crippen molar-refractivity contribution in [2.75, 3.05) is 40.5 Å². The van der Waals surface area contributed by atoms with E-state index < -0.39 is 11.1 Å². The highest BCUT2D eigenvalue weighted by Crippen LogP contribution is 2.34. The molecule has 3 amide bonds. The van der Waals surface area contributed by atoms with Crippen molar-refractivity contribution in [1.82, 2.24) is 10.2 Å². The summed E-state index contributed by atoms with van der Waals surface area (Å²) in [6.45, 7) is 2.36. The van der Waals surface area contributed by atoms with Crippen LogP contribution < -0.4 is 24.3 Å². The van der Waals surface area contributed by atoms with Crippen LogP contribution in [0.15, 0.2) is 47.4 Å². The summed E-state index contributed by atoms with van der Waals surface area (Å²) in [7, 11) is 3.10. The van der Waals surface area contributed by atoms with Gasteiger partial charge in [-0.1, -0.05) is 6.07 Å². The van der Waals surface area contributed by atoms with E-state index >= 15 is 0 Å². The first kappa shape index (κ1) is 25.0. The van der Waals surface area contributed by atoms with Crippen LogP contribution in [0.5, 0.6) is 23.0 Å². The Morgan fingerprint density at radius 3 is 2.41 bits per heavy atom. The fraction of sp³-hybridized carbons (Fsp3) is 0.292. The number of carbonyl (C=O) groups is 3. The maximum atomic E-state index is 12.7. The van der Waals surface area contributed by atoms with Crippen molar-refractivity contribution in [2.24, 2.45) is 0 Å². The Balaban J connectivity index is 1.51. The lowest BCUT2D eigenvalue weighted by Crippen LogP contribution is -2.38. The molecule has 1 heterocycles. The van der Waals surface area contributed by atoms with Crippen molar-refractivity contribution in [2.45, 2.75) is 6.92 Å². The maximum Gasteiger partial charge on any atom is 0.293 e. The quantitative estimate of drug-likeness (QED) is 0.483. The van der Waals surface area contributed by atoms with Gasteiger partial charge < -0.3 is 24.3 Å². The van der Waals surface area contributed by atoms with E-state index in [1.165, 1.54) is 7.11 Å². The Morgan fingerprint density at radius 2 is 1.74 bits per heavy atom. The van der Waals surface area contributed by atoms with Gasteiger partial charge in [-0.3, -0.25) is 19.3 Å². The molecule has 9 nitrogen and oxygen atoms in total. The summed E-state index contributed by atoms with van der Waals surface area (Å²) in [5.74, 6) is 1.57. The minimum absolute atomic E-state index is 0.0584. The van der Waals surface area contributed by atoms with E-state index in [-0.39, 0.29) is 25.6 Å². The molecule has 2 aromatic rings. The van der Waals surface area contributed by atoms with Crippen molar-refractivity contribution < 1.29 is 33.3 Å². The van der Waals surface area contributed by atoms with E-state index in [4.69, 9.17) is 18.9 Å². The molecule has 180 valence electrons. The smallest absolute Gasteiger partial charge is 0.293 e. The Morgan fingerprint density at radius 1 is 1.00 bits per heavy atom. The fourth-order valence-corrected chi connectivity index (χ4v) is 3.94. The van der Waals surface area contributed by atoms with Gasteiger partial charge in [-0.2, -0.15) is 0 Å². The number of ether oxygens (including phenoxy) is 4. The third-order valence-corrected chi connectivity index (χ3v) is 5.65. The van der Waals surface area contributed by atoms with Crippen LogP contribution in [-0.4, -0.2) is 62.5 Å². The Labute approximate surface area is 202 Å². The molecule has 0 radical (unpaired) electrons. The van der Waals surface area contributed by atoms with E-state index in [0.29, 0.717) is 40.1 Å². The monoisotopic (exact) mass is 486 g/mol. The molecule has 0 aliphatic carbocycles. The molecule has 0 bridgehead atoms. The van der Waals surface area contributed by atoms with Gasteiger partial charge >= 0.3 is 0 Å². The highest BCUT2D eigenvalue weighted by Gasteiger charge is 2.34. The zero-order valence-electron chi connectivity index (χ0n) is 19.2. The second-order valence-electron chi connectivity index (χ2n) is 6.99. The molecular weight excluding hydrogens is 460 g/mol. The number of nitrogens with one attached hydrogen (secondary N) is 1. The summed E-state index contributed by atoms with van der Waals surface area (Å²) in [5.41, 5.74) is 0.704. The van der Waals surface area contributed by atoms with Crippen molar-refractivity contribution in [3.63, 3.8) is 0 Å². The molecule has 0 spiro atoms. The zero-order valence-corrected chi connectivity index (χ0v) is 20.0. The molecule has 0 atom stereocenters. The molecular formula is C24H26N2O7S. The number of thioether (sulfide) groups is 1. The summed E-state index contributed by atoms with van der Waals surface area (Å²) in [6, 6.07) is 12.1. The van der Waals surface area contributed by atoms with Gasteiger partial charge in [-0.25, -0.2) is 0 Å². The minimum atomic E-state index is -0.411. The van der Waals surface area contributed by atoms with Crippen LogP contribution in [0.25, 0.3) is 6.08 Å². The first-order valence-electron chi connectivity index (χ1n) is 10.5. The Hall–Kier alpha value is -3.66. The van der Waals surface area contributed by atoms with Crippen molar-refractivity contribution in [3.8, 4) is 23.0 Å². The third kappa shape index (κ3) is 6.44. The molecule has 1 fully saturated rings.